The van der Waals surface area contributed by atoms with Crippen molar-refractivity contribution in [1.82, 2.24) is 9.78 Å². The van der Waals surface area contributed by atoms with Crippen molar-refractivity contribution in [2.24, 2.45) is 0 Å². The van der Waals surface area contributed by atoms with Crippen LogP contribution in [0.4, 0.5) is 5.69 Å². The number of hydrogen-bond acceptors (Lipinski definition) is 2. The molecule has 0 saturated carbocycles. The van der Waals surface area contributed by atoms with Gasteiger partial charge in [-0.2, -0.15) is 5.10 Å². The van der Waals surface area contributed by atoms with E-state index in [0.29, 0.717) is 0 Å². The highest BCUT2D eigenvalue weighted by atomic mass is 15.3. The van der Waals surface area contributed by atoms with Gasteiger partial charge in [0.15, 0.2) is 0 Å². The maximum atomic E-state index is 4.61. The van der Waals surface area contributed by atoms with Crippen molar-refractivity contribution in [3.8, 4) is 0 Å². The van der Waals surface area contributed by atoms with Crippen LogP contribution in [-0.2, 0) is 13.0 Å². The van der Waals surface area contributed by atoms with Gasteiger partial charge >= 0.3 is 0 Å². The Balaban J connectivity index is 1.83. The van der Waals surface area contributed by atoms with Crippen LogP contribution in [-0.4, -0.2) is 16.3 Å². The van der Waals surface area contributed by atoms with Gasteiger partial charge in [-0.3, -0.25) is 4.68 Å². The molecule has 2 rings (SSSR count). The Bertz CT molecular complexity index is 514. The second kappa shape index (κ2) is 6.41. The number of benzene rings is 1. The number of nitrogens with one attached hydrogen (secondary N) is 1. The molecule has 0 radical (unpaired) electrons. The monoisotopic (exact) mass is 257 g/mol. The largest absolute Gasteiger partial charge is 0.385 e. The minimum absolute atomic E-state index is 0.976. The van der Waals surface area contributed by atoms with Crippen molar-refractivity contribution in [1.29, 1.82) is 0 Å². The molecule has 0 aliphatic carbocycles. The fourth-order valence-electron chi connectivity index (χ4n) is 2.48. The van der Waals surface area contributed by atoms with E-state index in [2.05, 4.69) is 60.1 Å². The molecule has 1 aromatic heterocycles. The molecule has 1 heterocycles. The van der Waals surface area contributed by atoms with E-state index in [0.717, 1.165) is 25.9 Å². The Labute approximate surface area is 115 Å². The van der Waals surface area contributed by atoms with Crippen LogP contribution in [0.25, 0.3) is 0 Å². The number of hydrogen-bond donors (Lipinski definition) is 1. The number of anilines is 1. The minimum atomic E-state index is 0.976. The zero-order valence-corrected chi connectivity index (χ0v) is 12.1. The predicted molar refractivity (Wildman–Crippen MR) is 80.6 cm³/mol. The molecule has 0 unspecified atom stereocenters. The molecule has 19 heavy (non-hydrogen) atoms. The van der Waals surface area contributed by atoms with Gasteiger partial charge in [0, 0.05) is 24.5 Å². The van der Waals surface area contributed by atoms with Crippen LogP contribution in [0.2, 0.25) is 0 Å². The number of aromatic nitrogens is 2. The van der Waals surface area contributed by atoms with Crippen molar-refractivity contribution < 1.29 is 0 Å². The lowest BCUT2D eigenvalue weighted by Gasteiger charge is -2.07. The highest BCUT2D eigenvalue weighted by Crippen LogP contribution is 2.13. The fourth-order valence-corrected chi connectivity index (χ4v) is 2.48. The van der Waals surface area contributed by atoms with Crippen LogP contribution in [0.1, 0.15) is 30.3 Å². The summed E-state index contributed by atoms with van der Waals surface area (Å²) in [5.74, 6) is 0. The molecule has 102 valence electrons. The Hall–Kier alpha value is -1.77. The van der Waals surface area contributed by atoms with Crippen molar-refractivity contribution in [2.75, 3.05) is 11.9 Å². The van der Waals surface area contributed by atoms with Gasteiger partial charge in [-0.25, -0.2) is 0 Å². The molecular weight excluding hydrogens is 234 g/mol. The zero-order chi connectivity index (χ0) is 13.7. The molecule has 3 nitrogen and oxygen atoms in total. The molecule has 2 aromatic rings. The molecule has 0 bridgehead atoms. The number of rotatable bonds is 6. The third kappa shape index (κ3) is 3.37. The maximum absolute atomic E-state index is 4.61. The lowest BCUT2D eigenvalue weighted by molar-refractivity contribution is 0.573. The first kappa shape index (κ1) is 13.7. The summed E-state index contributed by atoms with van der Waals surface area (Å²) >= 11 is 0. The molecule has 0 aliphatic rings. The number of para-hydroxylation sites is 1. The number of aryl methyl sites for hydroxylation is 2. The lowest BCUT2D eigenvalue weighted by Crippen LogP contribution is -2.09. The van der Waals surface area contributed by atoms with Gasteiger partial charge in [-0.05, 0) is 44.4 Å². The third-order valence-electron chi connectivity index (χ3n) is 3.53. The van der Waals surface area contributed by atoms with E-state index in [4.69, 9.17) is 0 Å². The second-order valence-electron chi connectivity index (χ2n) is 4.87. The van der Waals surface area contributed by atoms with Crippen molar-refractivity contribution in [3.05, 3.63) is 47.3 Å². The lowest BCUT2D eigenvalue weighted by atomic mass is 10.1. The van der Waals surface area contributed by atoms with Gasteiger partial charge in [0.25, 0.3) is 0 Å². The maximum Gasteiger partial charge on any atom is 0.0628 e. The first-order chi connectivity index (χ1) is 9.22. The first-order valence-corrected chi connectivity index (χ1v) is 7.04. The molecule has 1 N–H and O–H groups in total. The van der Waals surface area contributed by atoms with Crippen LogP contribution < -0.4 is 5.32 Å². The molecular formula is C16H23N3. The van der Waals surface area contributed by atoms with Crippen molar-refractivity contribution in [2.45, 2.75) is 40.2 Å². The van der Waals surface area contributed by atoms with Crippen molar-refractivity contribution >= 4 is 5.69 Å². The van der Waals surface area contributed by atoms with E-state index in [1.165, 1.54) is 22.6 Å². The first-order valence-electron chi connectivity index (χ1n) is 7.04. The SMILES string of the molecule is CCc1c(C)nn(CCCNc2ccccc2)c1C. The number of nitrogens with zero attached hydrogens (tertiary/aromatic N) is 2. The van der Waals surface area contributed by atoms with Crippen LogP contribution in [0.15, 0.2) is 30.3 Å². The van der Waals surface area contributed by atoms with Gasteiger partial charge in [0.1, 0.15) is 0 Å². The summed E-state index contributed by atoms with van der Waals surface area (Å²) in [5, 5.41) is 8.04. The minimum Gasteiger partial charge on any atom is -0.385 e. The predicted octanol–water partition coefficient (Wildman–Crippen LogP) is 3.56. The molecule has 0 amide bonds. The van der Waals surface area contributed by atoms with Gasteiger partial charge in [0.2, 0.25) is 0 Å². The van der Waals surface area contributed by atoms with E-state index in [-0.39, 0.29) is 0 Å². The zero-order valence-electron chi connectivity index (χ0n) is 12.1. The van der Waals surface area contributed by atoms with Crippen LogP contribution in [0, 0.1) is 13.8 Å². The van der Waals surface area contributed by atoms with Gasteiger partial charge in [0.05, 0.1) is 5.69 Å². The fraction of sp³-hybridized carbons (Fsp3) is 0.438. The average molecular weight is 257 g/mol. The third-order valence-corrected chi connectivity index (χ3v) is 3.53. The molecule has 1 aromatic carbocycles. The summed E-state index contributed by atoms with van der Waals surface area (Å²) in [5.41, 5.74) is 5.08. The summed E-state index contributed by atoms with van der Waals surface area (Å²) in [6, 6.07) is 10.3. The Morgan fingerprint density at radius 2 is 1.89 bits per heavy atom. The molecule has 0 aliphatic heterocycles. The summed E-state index contributed by atoms with van der Waals surface area (Å²) in [4.78, 5) is 0. The molecule has 0 atom stereocenters. The summed E-state index contributed by atoms with van der Waals surface area (Å²) in [7, 11) is 0. The van der Waals surface area contributed by atoms with Gasteiger partial charge in [-0.15, -0.1) is 0 Å². The Morgan fingerprint density at radius 1 is 1.16 bits per heavy atom. The quantitative estimate of drug-likeness (QED) is 0.802. The van der Waals surface area contributed by atoms with E-state index in [1.807, 2.05) is 6.07 Å². The van der Waals surface area contributed by atoms with Crippen LogP contribution >= 0.6 is 0 Å². The van der Waals surface area contributed by atoms with Crippen LogP contribution in [0.5, 0.6) is 0 Å². The Morgan fingerprint density at radius 3 is 2.53 bits per heavy atom. The highest BCUT2D eigenvalue weighted by molar-refractivity contribution is 5.42. The normalized spacial score (nSPS) is 10.7. The van der Waals surface area contributed by atoms with Gasteiger partial charge in [-0.1, -0.05) is 25.1 Å². The van der Waals surface area contributed by atoms with E-state index in [1.54, 1.807) is 0 Å². The highest BCUT2D eigenvalue weighted by Gasteiger charge is 2.08. The van der Waals surface area contributed by atoms with Crippen molar-refractivity contribution in [3.63, 3.8) is 0 Å². The molecule has 0 fully saturated rings. The topological polar surface area (TPSA) is 29.9 Å². The molecule has 3 heteroatoms. The Kier molecular flexibility index (Phi) is 4.61. The van der Waals surface area contributed by atoms with Crippen LogP contribution in [0.3, 0.4) is 0 Å². The van der Waals surface area contributed by atoms with Gasteiger partial charge < -0.3 is 5.32 Å². The van der Waals surface area contributed by atoms with E-state index in [9.17, 15) is 0 Å². The molecule has 0 saturated heterocycles. The second-order valence-corrected chi connectivity index (χ2v) is 4.87. The summed E-state index contributed by atoms with van der Waals surface area (Å²) in [6.07, 6.45) is 2.15. The van der Waals surface area contributed by atoms with E-state index < -0.39 is 0 Å². The summed E-state index contributed by atoms with van der Waals surface area (Å²) in [6.45, 7) is 8.42. The van der Waals surface area contributed by atoms with E-state index >= 15 is 0 Å². The smallest absolute Gasteiger partial charge is 0.0628 e. The average Bonchev–Trinajstić information content (AvgIpc) is 2.70. The summed E-state index contributed by atoms with van der Waals surface area (Å²) < 4.78 is 2.14. The molecule has 0 spiro atoms. The standard InChI is InChI=1S/C16H23N3/c1-4-16-13(2)18-19(14(16)3)12-8-11-17-15-9-6-5-7-10-15/h5-7,9-10,17H,4,8,11-12H2,1-3H3.